The predicted octanol–water partition coefficient (Wildman–Crippen LogP) is 2.26. The molecule has 0 aliphatic carbocycles. The van der Waals surface area contributed by atoms with Crippen LogP contribution in [0.25, 0.3) is 0 Å². The molecule has 0 aromatic heterocycles. The first-order valence-electron chi connectivity index (χ1n) is 6.61. The zero-order chi connectivity index (χ0) is 18.4. The number of rotatable bonds is 5. The van der Waals surface area contributed by atoms with E-state index in [9.17, 15) is 19.2 Å². The van der Waals surface area contributed by atoms with Crippen molar-refractivity contribution in [2.24, 2.45) is 5.92 Å². The third kappa shape index (κ3) is 4.72. The summed E-state index contributed by atoms with van der Waals surface area (Å²) >= 11 is 6.67. The molecule has 1 rings (SSSR count). The summed E-state index contributed by atoms with van der Waals surface area (Å²) in [4.78, 5) is 49.7. The van der Waals surface area contributed by atoms with Gasteiger partial charge in [-0.05, 0) is 30.0 Å². The molecule has 24 heavy (non-hydrogen) atoms. The van der Waals surface area contributed by atoms with Crippen LogP contribution in [0.15, 0.2) is 23.1 Å². The van der Waals surface area contributed by atoms with Crippen LogP contribution in [0.4, 0.5) is 4.79 Å². The molecule has 0 spiro atoms. The van der Waals surface area contributed by atoms with Crippen LogP contribution >= 0.6 is 23.4 Å². The fraction of sp³-hybridized carbons (Fsp3) is 0.333. The van der Waals surface area contributed by atoms with Gasteiger partial charge in [-0.3, -0.25) is 19.2 Å². The van der Waals surface area contributed by atoms with Crippen LogP contribution in [0.5, 0.6) is 0 Å². The van der Waals surface area contributed by atoms with Crippen LogP contribution in [-0.4, -0.2) is 56.2 Å². The number of methoxy groups -OCH3 is 2. The lowest BCUT2D eigenvalue weighted by molar-refractivity contribution is -0.155. The number of hydrogen-bond acceptors (Lipinski definition) is 7. The summed E-state index contributed by atoms with van der Waals surface area (Å²) in [6.45, 7) is 0. The Bertz CT molecular complexity index is 660. The highest BCUT2D eigenvalue weighted by Gasteiger charge is 2.38. The summed E-state index contributed by atoms with van der Waals surface area (Å²) in [6, 6.07) is 4.17. The van der Waals surface area contributed by atoms with Crippen molar-refractivity contribution < 1.29 is 28.7 Å². The normalized spacial score (nSPS) is 10.2. The SMILES string of the molecule is COC(=O)C(C(=O)OC)C(=O)c1ccc(Cl)cc1SC(=O)N(C)C. The van der Waals surface area contributed by atoms with E-state index in [2.05, 4.69) is 9.47 Å². The molecule has 130 valence electrons. The Balaban J connectivity index is 3.32. The summed E-state index contributed by atoms with van der Waals surface area (Å²) < 4.78 is 8.98. The molecule has 1 aromatic rings. The lowest BCUT2D eigenvalue weighted by atomic mass is 9.97. The lowest BCUT2D eigenvalue weighted by Crippen LogP contribution is -2.34. The maximum Gasteiger partial charge on any atom is 0.328 e. The zero-order valence-electron chi connectivity index (χ0n) is 13.5. The molecule has 0 radical (unpaired) electrons. The van der Waals surface area contributed by atoms with Gasteiger partial charge in [-0.1, -0.05) is 11.6 Å². The molecular weight excluding hydrogens is 358 g/mol. The van der Waals surface area contributed by atoms with Gasteiger partial charge in [0.2, 0.25) is 5.92 Å². The maximum atomic E-state index is 12.6. The number of carbonyl (C=O) groups excluding carboxylic acids is 4. The van der Waals surface area contributed by atoms with Crippen molar-refractivity contribution in [2.45, 2.75) is 4.90 Å². The number of carbonyl (C=O) groups is 4. The Kier molecular flexibility index (Phi) is 7.24. The average molecular weight is 374 g/mol. The van der Waals surface area contributed by atoms with E-state index in [1.165, 1.54) is 23.1 Å². The summed E-state index contributed by atoms with van der Waals surface area (Å²) in [5.41, 5.74) is 0.000370. The van der Waals surface area contributed by atoms with Crippen LogP contribution in [0.1, 0.15) is 10.4 Å². The monoisotopic (exact) mass is 373 g/mol. The minimum absolute atomic E-state index is 0.000370. The van der Waals surface area contributed by atoms with Crippen molar-refractivity contribution in [3.05, 3.63) is 28.8 Å². The lowest BCUT2D eigenvalue weighted by Gasteiger charge is -2.15. The fourth-order valence-corrected chi connectivity index (χ4v) is 2.74. The predicted molar refractivity (Wildman–Crippen MR) is 88.2 cm³/mol. The van der Waals surface area contributed by atoms with Gasteiger partial charge >= 0.3 is 11.9 Å². The number of halogens is 1. The molecule has 7 nitrogen and oxygen atoms in total. The molecule has 0 atom stereocenters. The third-order valence-corrected chi connectivity index (χ3v) is 4.24. The molecule has 0 fully saturated rings. The number of hydrogen-bond donors (Lipinski definition) is 0. The number of ketones is 1. The molecule has 0 aliphatic rings. The van der Waals surface area contributed by atoms with Gasteiger partial charge in [0.15, 0.2) is 5.78 Å². The average Bonchev–Trinajstić information content (AvgIpc) is 2.54. The summed E-state index contributed by atoms with van der Waals surface area (Å²) in [5, 5.41) is -0.0488. The zero-order valence-corrected chi connectivity index (χ0v) is 15.1. The Morgan fingerprint density at radius 1 is 1.08 bits per heavy atom. The van der Waals surface area contributed by atoms with E-state index in [0.717, 1.165) is 26.0 Å². The van der Waals surface area contributed by atoms with E-state index in [-0.39, 0.29) is 15.7 Å². The second-order valence-electron chi connectivity index (χ2n) is 4.75. The van der Waals surface area contributed by atoms with E-state index in [0.29, 0.717) is 5.02 Å². The number of esters is 2. The quantitative estimate of drug-likeness (QED) is 0.338. The smallest absolute Gasteiger partial charge is 0.328 e. The number of benzene rings is 1. The van der Waals surface area contributed by atoms with Gasteiger partial charge in [0.1, 0.15) is 0 Å². The van der Waals surface area contributed by atoms with Crippen molar-refractivity contribution in [3.63, 3.8) is 0 Å². The van der Waals surface area contributed by atoms with E-state index in [1.807, 2.05) is 0 Å². The van der Waals surface area contributed by atoms with Crippen LogP contribution in [-0.2, 0) is 19.1 Å². The molecular formula is C15H16ClNO6S. The van der Waals surface area contributed by atoms with Gasteiger partial charge in [0.25, 0.3) is 5.24 Å². The molecule has 0 unspecified atom stereocenters. The molecule has 0 aliphatic heterocycles. The number of thioether (sulfide) groups is 1. The standard InChI is InChI=1S/C15H16ClNO6S/c1-17(2)15(21)24-10-7-8(16)5-6-9(10)12(18)11(13(19)22-3)14(20)23-4/h5-7,11H,1-4H3. The minimum atomic E-state index is -1.77. The molecule has 0 saturated heterocycles. The second-order valence-corrected chi connectivity index (χ2v) is 6.18. The maximum absolute atomic E-state index is 12.6. The van der Waals surface area contributed by atoms with Gasteiger partial charge in [-0.25, -0.2) is 0 Å². The van der Waals surface area contributed by atoms with Crippen LogP contribution in [0, 0.1) is 5.92 Å². The Morgan fingerprint density at radius 2 is 1.62 bits per heavy atom. The van der Waals surface area contributed by atoms with Gasteiger partial charge in [-0.15, -0.1) is 0 Å². The van der Waals surface area contributed by atoms with Crippen molar-refractivity contribution >= 4 is 46.3 Å². The van der Waals surface area contributed by atoms with Crippen molar-refractivity contribution in [1.29, 1.82) is 0 Å². The highest BCUT2D eigenvalue weighted by Crippen LogP contribution is 2.30. The van der Waals surface area contributed by atoms with E-state index in [1.54, 1.807) is 14.1 Å². The van der Waals surface area contributed by atoms with Crippen LogP contribution in [0.2, 0.25) is 5.02 Å². The first-order valence-corrected chi connectivity index (χ1v) is 7.81. The number of ether oxygens (including phenoxy) is 2. The summed E-state index contributed by atoms with van der Waals surface area (Å²) in [5.74, 6) is -4.69. The number of Topliss-reactive ketones (excluding diaryl/α,β-unsaturated/α-hetero) is 1. The second kappa shape index (κ2) is 8.70. The van der Waals surface area contributed by atoms with Gasteiger partial charge < -0.3 is 14.4 Å². The van der Waals surface area contributed by atoms with E-state index < -0.39 is 23.6 Å². The minimum Gasteiger partial charge on any atom is -0.468 e. The Labute approximate surface area is 148 Å². The number of nitrogens with zero attached hydrogens (tertiary/aromatic N) is 1. The van der Waals surface area contributed by atoms with Crippen molar-refractivity contribution in [1.82, 2.24) is 4.90 Å². The third-order valence-electron chi connectivity index (χ3n) is 2.91. The summed E-state index contributed by atoms with van der Waals surface area (Å²) in [6.07, 6.45) is 0. The summed E-state index contributed by atoms with van der Waals surface area (Å²) in [7, 11) is 5.21. The van der Waals surface area contributed by atoms with Gasteiger partial charge in [-0.2, -0.15) is 0 Å². The molecule has 1 aromatic carbocycles. The molecule has 9 heteroatoms. The van der Waals surface area contributed by atoms with Crippen molar-refractivity contribution in [2.75, 3.05) is 28.3 Å². The van der Waals surface area contributed by atoms with Gasteiger partial charge in [0, 0.05) is 29.6 Å². The molecule has 0 saturated carbocycles. The first kappa shape index (κ1) is 20.0. The fourth-order valence-electron chi connectivity index (χ4n) is 1.67. The van der Waals surface area contributed by atoms with Gasteiger partial charge in [0.05, 0.1) is 14.2 Å². The van der Waals surface area contributed by atoms with Crippen LogP contribution < -0.4 is 0 Å². The molecule has 1 amide bonds. The van der Waals surface area contributed by atoms with Crippen LogP contribution in [0.3, 0.4) is 0 Å². The topological polar surface area (TPSA) is 90.0 Å². The highest BCUT2D eigenvalue weighted by atomic mass is 35.5. The van der Waals surface area contributed by atoms with E-state index >= 15 is 0 Å². The van der Waals surface area contributed by atoms with Crippen molar-refractivity contribution in [3.8, 4) is 0 Å². The molecule has 0 N–H and O–H groups in total. The Hall–Kier alpha value is -2.06. The highest BCUT2D eigenvalue weighted by molar-refractivity contribution is 8.13. The molecule has 0 heterocycles. The largest absolute Gasteiger partial charge is 0.468 e. The first-order chi connectivity index (χ1) is 11.2. The molecule has 0 bridgehead atoms. The number of amides is 1. The van der Waals surface area contributed by atoms with E-state index in [4.69, 9.17) is 11.6 Å². The Morgan fingerprint density at radius 3 is 2.08 bits per heavy atom.